The first-order valence-electron chi connectivity index (χ1n) is 9.36. The van der Waals surface area contributed by atoms with Gasteiger partial charge in [-0.25, -0.2) is 13.2 Å². The second-order valence-electron chi connectivity index (χ2n) is 7.41. The molecular weight excluding hydrogens is 384 g/mol. The lowest BCUT2D eigenvalue weighted by molar-refractivity contribution is -0.146. The number of rotatable bonds is 4. The second-order valence-corrected chi connectivity index (χ2v) is 9.32. The predicted molar refractivity (Wildman–Crippen MR) is 104 cm³/mol. The highest BCUT2D eigenvalue weighted by Gasteiger charge is 2.27. The summed E-state index contributed by atoms with van der Waals surface area (Å²) in [4.78, 5) is 26.3. The fourth-order valence-corrected chi connectivity index (χ4v) is 4.71. The number of morpholine rings is 1. The molecule has 0 spiro atoms. The first kappa shape index (κ1) is 20.6. The Hall–Kier alpha value is -2.13. The Balaban J connectivity index is 1.64. The van der Waals surface area contributed by atoms with Gasteiger partial charge in [0.2, 0.25) is 10.0 Å². The third kappa shape index (κ3) is 4.64. The topological polar surface area (TPSA) is 93.2 Å². The van der Waals surface area contributed by atoms with Crippen molar-refractivity contribution in [2.24, 2.45) is 0 Å². The Morgan fingerprint density at radius 1 is 1.21 bits per heavy atom. The summed E-state index contributed by atoms with van der Waals surface area (Å²) in [5.41, 5.74) is 1.69. The zero-order valence-electron chi connectivity index (χ0n) is 16.4. The van der Waals surface area contributed by atoms with Crippen LogP contribution in [0.15, 0.2) is 18.2 Å². The number of amides is 1. The van der Waals surface area contributed by atoms with Crippen molar-refractivity contribution in [3.05, 3.63) is 29.3 Å². The van der Waals surface area contributed by atoms with Gasteiger partial charge in [0.05, 0.1) is 29.7 Å². The Kier molecular flexibility index (Phi) is 5.95. The SMILES string of the molecule is C[C@@H]1CN(C(=O)COC(=O)c2ccc3c(c2)CCCN3S(C)(=O)=O)C[C@@H](C)O1. The van der Waals surface area contributed by atoms with Crippen molar-refractivity contribution in [1.82, 2.24) is 4.90 Å². The van der Waals surface area contributed by atoms with Gasteiger partial charge in [-0.1, -0.05) is 0 Å². The van der Waals surface area contributed by atoms with E-state index in [1.807, 2.05) is 13.8 Å². The van der Waals surface area contributed by atoms with Crippen molar-refractivity contribution in [1.29, 1.82) is 0 Å². The maximum Gasteiger partial charge on any atom is 0.338 e. The van der Waals surface area contributed by atoms with Crippen molar-refractivity contribution in [2.45, 2.75) is 38.9 Å². The zero-order chi connectivity index (χ0) is 20.5. The molecule has 0 unspecified atom stereocenters. The van der Waals surface area contributed by atoms with E-state index in [9.17, 15) is 18.0 Å². The summed E-state index contributed by atoms with van der Waals surface area (Å²) < 4.78 is 36.0. The average Bonchev–Trinajstić information content (AvgIpc) is 2.63. The fraction of sp³-hybridized carbons (Fsp3) is 0.579. The minimum Gasteiger partial charge on any atom is -0.452 e. The number of hydrogen-bond donors (Lipinski definition) is 0. The van der Waals surface area contributed by atoms with E-state index in [1.54, 1.807) is 17.0 Å². The van der Waals surface area contributed by atoms with E-state index < -0.39 is 16.0 Å². The van der Waals surface area contributed by atoms with Gasteiger partial charge < -0.3 is 14.4 Å². The molecule has 0 aliphatic carbocycles. The van der Waals surface area contributed by atoms with Crippen LogP contribution in [0.25, 0.3) is 0 Å². The van der Waals surface area contributed by atoms with E-state index in [0.29, 0.717) is 43.7 Å². The number of nitrogens with zero attached hydrogens (tertiary/aromatic N) is 2. The number of benzene rings is 1. The van der Waals surface area contributed by atoms with Gasteiger partial charge in [-0.2, -0.15) is 0 Å². The van der Waals surface area contributed by atoms with Gasteiger partial charge >= 0.3 is 5.97 Å². The van der Waals surface area contributed by atoms with Crippen LogP contribution in [0.4, 0.5) is 5.69 Å². The molecule has 28 heavy (non-hydrogen) atoms. The highest BCUT2D eigenvalue weighted by Crippen LogP contribution is 2.30. The van der Waals surface area contributed by atoms with Gasteiger partial charge in [0.1, 0.15) is 0 Å². The van der Waals surface area contributed by atoms with E-state index in [1.165, 1.54) is 16.6 Å². The summed E-state index contributed by atoms with van der Waals surface area (Å²) in [5, 5.41) is 0. The van der Waals surface area contributed by atoms with Crippen LogP contribution < -0.4 is 4.31 Å². The first-order valence-corrected chi connectivity index (χ1v) is 11.2. The van der Waals surface area contributed by atoms with Crippen LogP contribution in [0.3, 0.4) is 0 Å². The van der Waals surface area contributed by atoms with Gasteiger partial charge in [-0.15, -0.1) is 0 Å². The van der Waals surface area contributed by atoms with E-state index in [-0.39, 0.29) is 24.7 Å². The van der Waals surface area contributed by atoms with Crippen LogP contribution in [0.2, 0.25) is 0 Å². The molecule has 0 radical (unpaired) electrons. The second kappa shape index (κ2) is 8.08. The quantitative estimate of drug-likeness (QED) is 0.693. The largest absolute Gasteiger partial charge is 0.452 e. The first-order chi connectivity index (χ1) is 13.1. The molecule has 0 N–H and O–H groups in total. The molecule has 0 bridgehead atoms. The van der Waals surface area contributed by atoms with E-state index in [0.717, 1.165) is 5.56 Å². The number of hydrogen-bond acceptors (Lipinski definition) is 6. The van der Waals surface area contributed by atoms with Gasteiger partial charge in [0, 0.05) is 19.6 Å². The molecular formula is C19H26N2O6S. The fourth-order valence-electron chi connectivity index (χ4n) is 3.72. The molecule has 8 nitrogen and oxygen atoms in total. The summed E-state index contributed by atoms with van der Waals surface area (Å²) in [7, 11) is -3.36. The summed E-state index contributed by atoms with van der Waals surface area (Å²) in [6, 6.07) is 4.81. The molecule has 0 saturated carbocycles. The molecule has 154 valence electrons. The van der Waals surface area contributed by atoms with Gasteiger partial charge in [-0.05, 0) is 50.5 Å². The average molecular weight is 410 g/mol. The number of sulfonamides is 1. The zero-order valence-corrected chi connectivity index (χ0v) is 17.2. The van der Waals surface area contributed by atoms with Crippen molar-refractivity contribution < 1.29 is 27.5 Å². The molecule has 1 aromatic carbocycles. The van der Waals surface area contributed by atoms with Crippen molar-refractivity contribution in [3.63, 3.8) is 0 Å². The Morgan fingerprint density at radius 3 is 2.54 bits per heavy atom. The molecule has 1 aromatic rings. The number of esters is 1. The molecule has 2 heterocycles. The molecule has 1 saturated heterocycles. The Labute approximate surface area is 165 Å². The highest BCUT2D eigenvalue weighted by atomic mass is 32.2. The number of anilines is 1. The number of ether oxygens (including phenoxy) is 2. The normalized spacial score (nSPS) is 22.5. The van der Waals surface area contributed by atoms with Crippen LogP contribution in [-0.2, 0) is 30.7 Å². The van der Waals surface area contributed by atoms with Gasteiger partial charge in [-0.3, -0.25) is 9.10 Å². The summed E-state index contributed by atoms with van der Waals surface area (Å²) in [5.74, 6) is -0.849. The summed E-state index contributed by atoms with van der Waals surface area (Å²) in [6.07, 6.45) is 2.43. The van der Waals surface area contributed by atoms with Crippen molar-refractivity contribution >= 4 is 27.6 Å². The Morgan fingerprint density at radius 2 is 1.89 bits per heavy atom. The maximum atomic E-state index is 12.4. The molecule has 0 aromatic heterocycles. The standard InChI is InChI=1S/C19H26N2O6S/c1-13-10-20(11-14(2)27-13)18(22)12-26-19(23)16-6-7-17-15(9-16)5-4-8-21(17)28(3,24)25/h6-7,9,13-14H,4-5,8,10-12H2,1-3H3/t13-,14-/m1/s1. The summed E-state index contributed by atoms with van der Waals surface area (Å²) in [6.45, 7) is 4.84. The maximum absolute atomic E-state index is 12.4. The van der Waals surface area contributed by atoms with Crippen LogP contribution >= 0.6 is 0 Å². The van der Waals surface area contributed by atoms with E-state index >= 15 is 0 Å². The Bertz CT molecular complexity index is 859. The molecule has 2 aliphatic rings. The van der Waals surface area contributed by atoms with Crippen LogP contribution in [-0.4, -0.2) is 69.9 Å². The molecule has 9 heteroatoms. The van der Waals surface area contributed by atoms with Crippen molar-refractivity contribution in [3.8, 4) is 0 Å². The third-order valence-corrected chi connectivity index (χ3v) is 6.07. The van der Waals surface area contributed by atoms with E-state index in [2.05, 4.69) is 0 Å². The minimum absolute atomic E-state index is 0.0539. The van der Waals surface area contributed by atoms with Gasteiger partial charge in [0.25, 0.3) is 5.91 Å². The van der Waals surface area contributed by atoms with Gasteiger partial charge in [0.15, 0.2) is 6.61 Å². The molecule has 2 aliphatic heterocycles. The minimum atomic E-state index is -3.36. The lowest BCUT2D eigenvalue weighted by Gasteiger charge is -2.35. The number of aryl methyl sites for hydroxylation is 1. The van der Waals surface area contributed by atoms with E-state index in [4.69, 9.17) is 9.47 Å². The molecule has 3 rings (SSSR count). The van der Waals surface area contributed by atoms with Crippen LogP contribution in [0.5, 0.6) is 0 Å². The lowest BCUT2D eigenvalue weighted by Crippen LogP contribution is -2.49. The number of fused-ring (bicyclic) bond motifs is 1. The monoisotopic (exact) mass is 410 g/mol. The number of carbonyl (C=O) groups is 2. The molecule has 2 atom stereocenters. The van der Waals surface area contributed by atoms with Crippen molar-refractivity contribution in [2.75, 3.05) is 36.8 Å². The predicted octanol–water partition coefficient (Wildman–Crippen LogP) is 1.19. The third-order valence-electron chi connectivity index (χ3n) is 4.89. The lowest BCUT2D eigenvalue weighted by atomic mass is 10.0. The smallest absolute Gasteiger partial charge is 0.338 e. The van der Waals surface area contributed by atoms with Crippen LogP contribution in [0.1, 0.15) is 36.2 Å². The molecule has 1 amide bonds. The highest BCUT2D eigenvalue weighted by molar-refractivity contribution is 7.92. The number of carbonyl (C=O) groups excluding carboxylic acids is 2. The summed E-state index contributed by atoms with van der Waals surface area (Å²) >= 11 is 0. The molecule has 1 fully saturated rings. The van der Waals surface area contributed by atoms with Crippen LogP contribution in [0, 0.1) is 0 Å².